The Morgan fingerprint density at radius 3 is 2.45 bits per heavy atom. The number of hydrogen-bond acceptors (Lipinski definition) is 3. The number of carbonyl (C=O) groups excluding carboxylic acids is 1. The van der Waals surface area contributed by atoms with E-state index in [0.717, 1.165) is 11.4 Å². The molecule has 0 atom stereocenters. The van der Waals surface area contributed by atoms with Gasteiger partial charge in [0.05, 0.1) is 11.3 Å². The second-order valence-electron chi connectivity index (χ2n) is 6.22. The Bertz CT molecular complexity index is 632. The van der Waals surface area contributed by atoms with Crippen LogP contribution in [-0.4, -0.2) is 23.0 Å². The molecule has 0 radical (unpaired) electrons. The lowest BCUT2D eigenvalue weighted by Crippen LogP contribution is -2.31. The zero-order chi connectivity index (χ0) is 16.2. The molecule has 2 aromatic rings. The van der Waals surface area contributed by atoms with Crippen molar-refractivity contribution < 1.29 is 4.79 Å². The Kier molecular flexibility index (Phi) is 4.81. The second-order valence-corrected chi connectivity index (χ2v) is 6.22. The maximum Gasteiger partial charge on any atom is 0.259 e. The number of nitrogens with zero attached hydrogens (tertiary/aromatic N) is 2. The van der Waals surface area contributed by atoms with Crippen molar-refractivity contribution in [3.05, 3.63) is 54.4 Å². The van der Waals surface area contributed by atoms with Gasteiger partial charge in [-0.1, -0.05) is 18.2 Å². The van der Waals surface area contributed by atoms with Crippen LogP contribution in [0.15, 0.2) is 48.8 Å². The average Bonchev–Trinajstić information content (AvgIpc) is 2.47. The van der Waals surface area contributed by atoms with Crippen LogP contribution in [-0.2, 0) is 0 Å². The van der Waals surface area contributed by atoms with E-state index in [2.05, 4.69) is 31.1 Å². The first kappa shape index (κ1) is 16.0. The minimum atomic E-state index is -0.0762. The summed E-state index contributed by atoms with van der Waals surface area (Å²) in [5.41, 5.74) is 2.25. The van der Waals surface area contributed by atoms with Crippen molar-refractivity contribution >= 4 is 17.3 Å². The summed E-state index contributed by atoms with van der Waals surface area (Å²) >= 11 is 0. The third kappa shape index (κ3) is 4.07. The molecule has 1 aromatic heterocycles. The van der Waals surface area contributed by atoms with Gasteiger partial charge in [-0.15, -0.1) is 0 Å². The number of para-hydroxylation sites is 1. The number of rotatable bonds is 4. The van der Waals surface area contributed by atoms with E-state index in [9.17, 15) is 4.79 Å². The van der Waals surface area contributed by atoms with E-state index in [1.807, 2.05) is 43.3 Å². The summed E-state index contributed by atoms with van der Waals surface area (Å²) in [4.78, 5) is 18.7. The van der Waals surface area contributed by atoms with Gasteiger partial charge in [0, 0.05) is 30.2 Å². The summed E-state index contributed by atoms with van der Waals surface area (Å²) in [5.74, 6) is -0.0428. The molecule has 0 aliphatic carbocycles. The molecule has 1 amide bonds. The summed E-state index contributed by atoms with van der Waals surface area (Å²) in [5, 5.41) is 3.34. The number of hydrogen-bond donors (Lipinski definition) is 1. The predicted molar refractivity (Wildman–Crippen MR) is 91.4 cm³/mol. The lowest BCUT2D eigenvalue weighted by Gasteiger charge is -2.23. The standard InChI is InChI=1S/C18H23N3O/c1-5-21(16-9-7-6-8-10-16)17(22)14-11-15(13-19-12-14)20-18(2,3)4/h6-13,20H,5H2,1-4H3. The van der Waals surface area contributed by atoms with E-state index >= 15 is 0 Å². The zero-order valence-electron chi connectivity index (χ0n) is 13.6. The van der Waals surface area contributed by atoms with Crippen molar-refractivity contribution in [3.63, 3.8) is 0 Å². The number of carbonyl (C=O) groups is 1. The van der Waals surface area contributed by atoms with Gasteiger partial charge in [-0.3, -0.25) is 9.78 Å². The van der Waals surface area contributed by atoms with E-state index < -0.39 is 0 Å². The highest BCUT2D eigenvalue weighted by atomic mass is 16.2. The molecular formula is C18H23N3O. The number of amides is 1. The monoisotopic (exact) mass is 297 g/mol. The van der Waals surface area contributed by atoms with Crippen LogP contribution >= 0.6 is 0 Å². The molecule has 22 heavy (non-hydrogen) atoms. The van der Waals surface area contributed by atoms with Gasteiger partial charge in [0.15, 0.2) is 0 Å². The smallest absolute Gasteiger partial charge is 0.259 e. The lowest BCUT2D eigenvalue weighted by molar-refractivity contribution is 0.0988. The largest absolute Gasteiger partial charge is 0.379 e. The van der Waals surface area contributed by atoms with Gasteiger partial charge in [-0.25, -0.2) is 0 Å². The Morgan fingerprint density at radius 1 is 1.18 bits per heavy atom. The maximum atomic E-state index is 12.8. The molecule has 0 saturated carbocycles. The lowest BCUT2D eigenvalue weighted by atomic mass is 10.1. The Labute approximate surface area is 132 Å². The highest BCUT2D eigenvalue weighted by Gasteiger charge is 2.17. The molecule has 116 valence electrons. The van der Waals surface area contributed by atoms with Crippen LogP contribution < -0.4 is 10.2 Å². The molecule has 1 aromatic carbocycles. The van der Waals surface area contributed by atoms with Gasteiger partial charge < -0.3 is 10.2 Å². The van der Waals surface area contributed by atoms with Crippen LogP contribution in [0.25, 0.3) is 0 Å². The van der Waals surface area contributed by atoms with Crippen molar-refractivity contribution in [2.45, 2.75) is 33.2 Å². The number of aromatic nitrogens is 1. The fourth-order valence-corrected chi connectivity index (χ4v) is 2.27. The molecule has 0 aliphatic heterocycles. The third-order valence-corrected chi connectivity index (χ3v) is 3.13. The molecule has 4 nitrogen and oxygen atoms in total. The first-order valence-corrected chi connectivity index (χ1v) is 7.51. The highest BCUT2D eigenvalue weighted by Crippen LogP contribution is 2.19. The molecule has 2 rings (SSSR count). The van der Waals surface area contributed by atoms with Crippen molar-refractivity contribution in [1.82, 2.24) is 4.98 Å². The van der Waals surface area contributed by atoms with Gasteiger partial charge in [-0.05, 0) is 45.9 Å². The molecule has 0 fully saturated rings. The molecule has 4 heteroatoms. The van der Waals surface area contributed by atoms with Gasteiger partial charge in [0.1, 0.15) is 0 Å². The van der Waals surface area contributed by atoms with E-state index in [-0.39, 0.29) is 11.4 Å². The molecule has 0 saturated heterocycles. The third-order valence-electron chi connectivity index (χ3n) is 3.13. The second kappa shape index (κ2) is 6.60. The zero-order valence-corrected chi connectivity index (χ0v) is 13.6. The van der Waals surface area contributed by atoms with Crippen LogP contribution in [0.2, 0.25) is 0 Å². The van der Waals surface area contributed by atoms with Gasteiger partial charge >= 0.3 is 0 Å². The minimum Gasteiger partial charge on any atom is -0.379 e. The summed E-state index contributed by atoms with van der Waals surface area (Å²) in [6.07, 6.45) is 3.35. The average molecular weight is 297 g/mol. The Hall–Kier alpha value is -2.36. The van der Waals surface area contributed by atoms with E-state index in [4.69, 9.17) is 0 Å². The van der Waals surface area contributed by atoms with Gasteiger partial charge in [0.2, 0.25) is 0 Å². The van der Waals surface area contributed by atoms with E-state index in [0.29, 0.717) is 12.1 Å². The molecule has 0 spiro atoms. The van der Waals surface area contributed by atoms with Crippen LogP contribution in [0.1, 0.15) is 38.1 Å². The summed E-state index contributed by atoms with van der Waals surface area (Å²) in [6, 6.07) is 11.5. The number of benzene rings is 1. The van der Waals surface area contributed by atoms with E-state index in [1.54, 1.807) is 17.3 Å². The van der Waals surface area contributed by atoms with Crippen molar-refractivity contribution in [2.75, 3.05) is 16.8 Å². The molecular weight excluding hydrogens is 274 g/mol. The predicted octanol–water partition coefficient (Wildman–Crippen LogP) is 3.96. The van der Waals surface area contributed by atoms with Crippen LogP contribution in [0.4, 0.5) is 11.4 Å². The molecule has 0 bridgehead atoms. The first-order chi connectivity index (χ1) is 10.4. The van der Waals surface area contributed by atoms with Gasteiger partial charge in [0.25, 0.3) is 5.91 Å². The van der Waals surface area contributed by atoms with Gasteiger partial charge in [-0.2, -0.15) is 0 Å². The van der Waals surface area contributed by atoms with Crippen molar-refractivity contribution in [3.8, 4) is 0 Å². The van der Waals surface area contributed by atoms with Crippen LogP contribution in [0, 0.1) is 0 Å². The summed E-state index contributed by atoms with van der Waals surface area (Å²) in [6.45, 7) is 8.80. The first-order valence-electron chi connectivity index (χ1n) is 7.51. The highest BCUT2D eigenvalue weighted by molar-refractivity contribution is 6.06. The fraction of sp³-hybridized carbons (Fsp3) is 0.333. The number of nitrogens with one attached hydrogen (secondary N) is 1. The van der Waals surface area contributed by atoms with E-state index in [1.165, 1.54) is 0 Å². The number of pyridine rings is 1. The summed E-state index contributed by atoms with van der Waals surface area (Å²) < 4.78 is 0. The number of anilines is 2. The SMILES string of the molecule is CCN(C(=O)c1cncc(NC(C)(C)C)c1)c1ccccc1. The molecule has 1 heterocycles. The van der Waals surface area contributed by atoms with Crippen LogP contribution in [0.5, 0.6) is 0 Å². The molecule has 1 N–H and O–H groups in total. The topological polar surface area (TPSA) is 45.2 Å². The van der Waals surface area contributed by atoms with Crippen LogP contribution in [0.3, 0.4) is 0 Å². The Morgan fingerprint density at radius 2 is 1.86 bits per heavy atom. The van der Waals surface area contributed by atoms with Crippen molar-refractivity contribution in [2.24, 2.45) is 0 Å². The minimum absolute atomic E-state index is 0.0428. The molecule has 0 aliphatic rings. The normalized spacial score (nSPS) is 11.1. The maximum absolute atomic E-state index is 12.8. The Balaban J connectivity index is 2.27. The van der Waals surface area contributed by atoms with Crippen molar-refractivity contribution in [1.29, 1.82) is 0 Å². The summed E-state index contributed by atoms with van der Waals surface area (Å²) in [7, 11) is 0. The molecule has 0 unspecified atom stereocenters. The fourth-order valence-electron chi connectivity index (χ4n) is 2.27. The quantitative estimate of drug-likeness (QED) is 0.929.